The Labute approximate surface area is 204 Å². The van der Waals surface area contributed by atoms with Crippen molar-refractivity contribution in [2.24, 2.45) is 0 Å². The molecule has 2 heterocycles. The van der Waals surface area contributed by atoms with Crippen LogP contribution >= 0.6 is 0 Å². The first kappa shape index (κ1) is 22.5. The number of benzene rings is 3. The number of methoxy groups -OCH3 is 1. The molecule has 0 saturated carbocycles. The van der Waals surface area contributed by atoms with E-state index in [9.17, 15) is 4.79 Å². The van der Waals surface area contributed by atoms with E-state index in [4.69, 9.17) is 18.9 Å². The Morgan fingerprint density at radius 2 is 1.49 bits per heavy atom. The summed E-state index contributed by atoms with van der Waals surface area (Å²) in [4.78, 5) is 16.6. The number of hydrogen-bond acceptors (Lipinski definition) is 6. The molecular weight excluding hydrogens is 442 g/mol. The molecule has 6 heteroatoms. The summed E-state index contributed by atoms with van der Waals surface area (Å²) < 4.78 is 23.1. The summed E-state index contributed by atoms with van der Waals surface area (Å²) >= 11 is 0. The van der Waals surface area contributed by atoms with Crippen molar-refractivity contribution in [3.05, 3.63) is 102 Å². The van der Waals surface area contributed by atoms with Crippen LogP contribution in [0.25, 0.3) is 11.1 Å². The molecule has 0 N–H and O–H groups in total. The van der Waals surface area contributed by atoms with Gasteiger partial charge >= 0.3 is 0 Å². The average Bonchev–Trinajstić information content (AvgIpc) is 2.92. The van der Waals surface area contributed by atoms with Crippen LogP contribution < -0.4 is 18.9 Å². The number of fused-ring (bicyclic) bond motifs is 1. The fraction of sp³-hybridized carbons (Fsp3) is 0.172. The number of carbonyl (C=O) groups excluding carboxylic acids is 1. The number of aromatic nitrogens is 1. The van der Waals surface area contributed by atoms with E-state index in [0.717, 1.165) is 33.8 Å². The molecule has 0 amide bonds. The van der Waals surface area contributed by atoms with Crippen molar-refractivity contribution in [1.29, 1.82) is 0 Å². The monoisotopic (exact) mass is 467 g/mol. The van der Waals surface area contributed by atoms with Gasteiger partial charge in [0.15, 0.2) is 5.78 Å². The number of ether oxygens (including phenoxy) is 4. The van der Waals surface area contributed by atoms with Crippen molar-refractivity contribution in [1.82, 2.24) is 4.98 Å². The van der Waals surface area contributed by atoms with E-state index < -0.39 is 0 Å². The maximum absolute atomic E-state index is 12.5. The summed E-state index contributed by atoms with van der Waals surface area (Å²) in [6.45, 7) is 1.22. The molecule has 0 unspecified atom stereocenters. The van der Waals surface area contributed by atoms with Crippen LogP contribution in [0.2, 0.25) is 0 Å². The summed E-state index contributed by atoms with van der Waals surface area (Å²) in [5.41, 5.74) is 4.39. The third kappa shape index (κ3) is 5.27. The zero-order valence-electron chi connectivity index (χ0n) is 19.4. The van der Waals surface area contributed by atoms with Gasteiger partial charge < -0.3 is 18.9 Å². The molecule has 1 aromatic heterocycles. The standard InChI is InChI=1S/C29H25NO5/c1-32-23-6-2-20(3-7-23)18-34-24-8-4-22(5-9-24)25-16-26-27(31)12-15-33-29(26)17-28(25)35-19-21-10-13-30-14-11-21/h2-11,13-14,16-17H,12,15,18-19H2,1H3. The smallest absolute Gasteiger partial charge is 0.170 e. The number of Topliss-reactive ketones (excluding diaryl/α,β-unsaturated/α-hetero) is 1. The van der Waals surface area contributed by atoms with Crippen molar-refractivity contribution in [3.63, 3.8) is 0 Å². The number of rotatable bonds is 8. The van der Waals surface area contributed by atoms with Crippen molar-refractivity contribution in [2.45, 2.75) is 19.6 Å². The van der Waals surface area contributed by atoms with E-state index in [-0.39, 0.29) is 5.78 Å². The SMILES string of the molecule is COc1ccc(COc2ccc(-c3cc4c(cc3OCc3ccncc3)OCCC4=O)cc2)cc1. The second-order valence-electron chi connectivity index (χ2n) is 8.17. The molecule has 4 aromatic rings. The lowest BCUT2D eigenvalue weighted by atomic mass is 9.97. The minimum atomic E-state index is 0.0765. The highest BCUT2D eigenvalue weighted by Crippen LogP contribution is 2.39. The van der Waals surface area contributed by atoms with Crippen LogP contribution in [0, 0.1) is 0 Å². The van der Waals surface area contributed by atoms with Crippen LogP contribution in [0.1, 0.15) is 27.9 Å². The Morgan fingerprint density at radius 3 is 2.23 bits per heavy atom. The first-order valence-corrected chi connectivity index (χ1v) is 11.4. The van der Waals surface area contributed by atoms with E-state index in [1.807, 2.05) is 72.8 Å². The fourth-order valence-corrected chi connectivity index (χ4v) is 3.89. The van der Waals surface area contributed by atoms with Crippen LogP contribution in [0.5, 0.6) is 23.0 Å². The van der Waals surface area contributed by atoms with Crippen LogP contribution in [0.15, 0.2) is 85.2 Å². The topological polar surface area (TPSA) is 66.9 Å². The van der Waals surface area contributed by atoms with Gasteiger partial charge in [-0.3, -0.25) is 9.78 Å². The van der Waals surface area contributed by atoms with Crippen molar-refractivity contribution in [3.8, 4) is 34.1 Å². The zero-order chi connectivity index (χ0) is 24.0. The van der Waals surface area contributed by atoms with Crippen LogP contribution in [-0.2, 0) is 13.2 Å². The Balaban J connectivity index is 1.37. The number of hydrogen-bond donors (Lipinski definition) is 0. The van der Waals surface area contributed by atoms with Gasteiger partial charge in [0.25, 0.3) is 0 Å². The second kappa shape index (κ2) is 10.3. The molecule has 0 aliphatic carbocycles. The van der Waals surface area contributed by atoms with Gasteiger partial charge in [0.1, 0.15) is 36.2 Å². The van der Waals surface area contributed by atoms with Gasteiger partial charge in [-0.2, -0.15) is 0 Å². The van der Waals surface area contributed by atoms with Gasteiger partial charge in [0, 0.05) is 30.4 Å². The van der Waals surface area contributed by atoms with E-state index in [0.29, 0.717) is 43.3 Å². The molecular formula is C29H25NO5. The van der Waals surface area contributed by atoms with E-state index >= 15 is 0 Å². The van der Waals surface area contributed by atoms with E-state index in [2.05, 4.69) is 4.98 Å². The van der Waals surface area contributed by atoms with Gasteiger partial charge in [-0.15, -0.1) is 0 Å². The highest BCUT2D eigenvalue weighted by atomic mass is 16.5. The summed E-state index contributed by atoms with van der Waals surface area (Å²) in [5, 5.41) is 0. The number of ketones is 1. The van der Waals surface area contributed by atoms with Crippen LogP contribution in [0.4, 0.5) is 0 Å². The highest BCUT2D eigenvalue weighted by Gasteiger charge is 2.22. The molecule has 0 spiro atoms. The minimum absolute atomic E-state index is 0.0765. The summed E-state index contributed by atoms with van der Waals surface area (Å²) in [6.07, 6.45) is 3.85. The van der Waals surface area contributed by atoms with Crippen LogP contribution in [-0.4, -0.2) is 24.5 Å². The average molecular weight is 468 g/mol. The predicted octanol–water partition coefficient (Wildman–Crippen LogP) is 5.88. The van der Waals surface area contributed by atoms with Gasteiger partial charge in [-0.05, 0) is 59.2 Å². The third-order valence-electron chi connectivity index (χ3n) is 5.84. The second-order valence-corrected chi connectivity index (χ2v) is 8.17. The lowest BCUT2D eigenvalue weighted by Crippen LogP contribution is -2.15. The van der Waals surface area contributed by atoms with Gasteiger partial charge in [-0.25, -0.2) is 0 Å². The van der Waals surface area contributed by atoms with Gasteiger partial charge in [-0.1, -0.05) is 24.3 Å². The maximum atomic E-state index is 12.5. The Morgan fingerprint density at radius 1 is 0.800 bits per heavy atom. The van der Waals surface area contributed by atoms with Crippen molar-refractivity contribution >= 4 is 5.78 Å². The highest BCUT2D eigenvalue weighted by molar-refractivity contribution is 6.01. The first-order valence-electron chi connectivity index (χ1n) is 11.4. The molecule has 0 atom stereocenters. The molecule has 176 valence electrons. The fourth-order valence-electron chi connectivity index (χ4n) is 3.89. The summed E-state index contributed by atoms with van der Waals surface area (Å²) in [6, 6.07) is 23.1. The molecule has 0 fully saturated rings. The lowest BCUT2D eigenvalue weighted by Gasteiger charge is -2.20. The van der Waals surface area contributed by atoms with Crippen LogP contribution in [0.3, 0.4) is 0 Å². The molecule has 0 saturated heterocycles. The number of pyridine rings is 1. The van der Waals surface area contributed by atoms with Gasteiger partial charge in [0.2, 0.25) is 0 Å². The minimum Gasteiger partial charge on any atom is -0.497 e. The largest absolute Gasteiger partial charge is 0.497 e. The third-order valence-corrected chi connectivity index (χ3v) is 5.84. The summed E-state index contributed by atoms with van der Waals surface area (Å²) in [7, 11) is 1.65. The molecule has 0 bridgehead atoms. The molecule has 6 nitrogen and oxygen atoms in total. The molecule has 5 rings (SSSR count). The quantitative estimate of drug-likeness (QED) is 0.322. The number of nitrogens with zero attached hydrogens (tertiary/aromatic N) is 1. The maximum Gasteiger partial charge on any atom is 0.170 e. The number of carbonyl (C=O) groups is 1. The molecule has 1 aliphatic rings. The van der Waals surface area contributed by atoms with E-state index in [1.165, 1.54) is 0 Å². The first-order chi connectivity index (χ1) is 17.2. The Bertz CT molecular complexity index is 1300. The van der Waals surface area contributed by atoms with Crippen molar-refractivity contribution < 1.29 is 23.7 Å². The molecule has 1 aliphatic heterocycles. The Kier molecular flexibility index (Phi) is 6.61. The Hall–Kier alpha value is -4.32. The normalized spacial score (nSPS) is 12.4. The van der Waals surface area contributed by atoms with Crippen molar-refractivity contribution in [2.75, 3.05) is 13.7 Å². The molecule has 0 radical (unpaired) electrons. The molecule has 35 heavy (non-hydrogen) atoms. The van der Waals surface area contributed by atoms with Gasteiger partial charge in [0.05, 0.1) is 19.3 Å². The molecule has 3 aromatic carbocycles. The lowest BCUT2D eigenvalue weighted by molar-refractivity contribution is 0.0933. The zero-order valence-corrected chi connectivity index (χ0v) is 19.4. The predicted molar refractivity (Wildman–Crippen MR) is 132 cm³/mol. The van der Waals surface area contributed by atoms with E-state index in [1.54, 1.807) is 19.5 Å². The summed E-state index contributed by atoms with van der Waals surface area (Å²) in [5.74, 6) is 2.86.